The van der Waals surface area contributed by atoms with E-state index in [1.165, 1.54) is 0 Å². The van der Waals surface area contributed by atoms with E-state index in [2.05, 4.69) is 0 Å². The smallest absolute Gasteiger partial charge is 0.314 e. The highest BCUT2D eigenvalue weighted by atomic mass is 16.4. The maximum atomic E-state index is 12.2. The summed E-state index contributed by atoms with van der Waals surface area (Å²) in [5, 5.41) is 9.97. The predicted octanol–water partition coefficient (Wildman–Crippen LogP) is 2.96. The van der Waals surface area contributed by atoms with Crippen molar-refractivity contribution in [1.29, 1.82) is 0 Å². The lowest BCUT2D eigenvalue weighted by Gasteiger charge is -2.52. The number of carbonyl (C=O) groups excluding carboxylic acids is 1. The second kappa shape index (κ2) is 4.18. The molecule has 0 amide bonds. The molecule has 2 unspecified atom stereocenters. The minimum absolute atomic E-state index is 0.0279. The number of aryl methyl sites for hydroxylation is 1. The number of carbonyl (C=O) groups is 2. The van der Waals surface area contributed by atoms with E-state index in [1.54, 1.807) is 0 Å². The Kier molecular flexibility index (Phi) is 2.79. The van der Waals surface area contributed by atoms with Crippen LogP contribution >= 0.6 is 0 Å². The average molecular weight is 272 g/mol. The Morgan fingerprint density at radius 1 is 1.25 bits per heavy atom. The van der Waals surface area contributed by atoms with Crippen LogP contribution in [-0.4, -0.2) is 16.9 Å². The van der Waals surface area contributed by atoms with Crippen molar-refractivity contribution >= 4 is 11.8 Å². The van der Waals surface area contributed by atoms with Gasteiger partial charge in [0.05, 0.1) is 0 Å². The Labute approximate surface area is 119 Å². The van der Waals surface area contributed by atoms with Crippen molar-refractivity contribution < 1.29 is 14.7 Å². The molecule has 1 saturated carbocycles. The molecule has 0 bridgehead atoms. The van der Waals surface area contributed by atoms with Crippen molar-refractivity contribution in [3.63, 3.8) is 0 Å². The molecule has 2 aliphatic rings. The van der Waals surface area contributed by atoms with Crippen LogP contribution in [0.4, 0.5) is 0 Å². The van der Waals surface area contributed by atoms with Crippen LogP contribution in [0.25, 0.3) is 0 Å². The van der Waals surface area contributed by atoms with Crippen LogP contribution in [0.5, 0.6) is 0 Å². The van der Waals surface area contributed by atoms with Crippen LogP contribution in [-0.2, 0) is 21.4 Å². The fourth-order valence-corrected chi connectivity index (χ4v) is 4.53. The quantitative estimate of drug-likeness (QED) is 0.855. The normalized spacial score (nSPS) is 31.3. The molecule has 0 aromatic heterocycles. The first-order chi connectivity index (χ1) is 9.38. The fraction of sp³-hybridized carbons (Fsp3) is 0.529. The Balaban J connectivity index is 2.26. The van der Waals surface area contributed by atoms with E-state index in [4.69, 9.17) is 0 Å². The van der Waals surface area contributed by atoms with Crippen molar-refractivity contribution in [2.45, 2.75) is 44.9 Å². The molecule has 1 N–H and O–H groups in total. The highest BCUT2D eigenvalue weighted by molar-refractivity contribution is 5.93. The molecule has 0 heterocycles. The molecule has 1 fully saturated rings. The van der Waals surface area contributed by atoms with Crippen LogP contribution in [0, 0.1) is 11.3 Å². The van der Waals surface area contributed by atoms with Crippen LogP contribution < -0.4 is 0 Å². The summed E-state index contributed by atoms with van der Waals surface area (Å²) in [5.74, 6) is -0.735. The highest BCUT2D eigenvalue weighted by Crippen LogP contribution is 2.56. The molecule has 2 atom stereocenters. The Bertz CT molecular complexity index is 588. The number of ketones is 1. The number of rotatable bonds is 1. The summed E-state index contributed by atoms with van der Waals surface area (Å²) in [6.45, 7) is 4.08. The van der Waals surface area contributed by atoms with Gasteiger partial charge in [0.15, 0.2) is 0 Å². The summed E-state index contributed by atoms with van der Waals surface area (Å²) in [6, 6.07) is 7.75. The lowest BCUT2D eigenvalue weighted by molar-refractivity contribution is -0.157. The van der Waals surface area contributed by atoms with Crippen LogP contribution in [0.15, 0.2) is 24.3 Å². The second-order valence-electron chi connectivity index (χ2n) is 6.91. The number of benzene rings is 1. The van der Waals surface area contributed by atoms with E-state index in [-0.39, 0.29) is 23.5 Å². The first-order valence-electron chi connectivity index (χ1n) is 7.21. The van der Waals surface area contributed by atoms with Crippen molar-refractivity contribution in [3.05, 3.63) is 35.4 Å². The van der Waals surface area contributed by atoms with Gasteiger partial charge in [-0.2, -0.15) is 0 Å². The third kappa shape index (κ3) is 1.65. The van der Waals surface area contributed by atoms with E-state index in [9.17, 15) is 14.7 Å². The summed E-state index contributed by atoms with van der Waals surface area (Å²) < 4.78 is 0. The van der Waals surface area contributed by atoms with E-state index in [0.29, 0.717) is 6.42 Å². The summed E-state index contributed by atoms with van der Waals surface area (Å²) in [6.07, 6.45) is 2.40. The first-order valence-corrected chi connectivity index (χ1v) is 7.21. The lowest BCUT2D eigenvalue weighted by Crippen LogP contribution is -2.56. The maximum absolute atomic E-state index is 12.2. The van der Waals surface area contributed by atoms with Gasteiger partial charge in [0.1, 0.15) is 11.2 Å². The molecule has 1 aromatic rings. The molecule has 3 heteroatoms. The molecular formula is C17H20O3. The number of carboxylic acids is 1. The summed E-state index contributed by atoms with van der Waals surface area (Å²) in [5.41, 5.74) is 0.691. The SMILES string of the molecule is CC1(C)CC(=O)CC2(C(=O)O)c3ccccc3CCC12. The minimum Gasteiger partial charge on any atom is -0.481 e. The van der Waals surface area contributed by atoms with Gasteiger partial charge in [-0.15, -0.1) is 0 Å². The molecule has 3 nitrogen and oxygen atoms in total. The Morgan fingerprint density at radius 3 is 2.65 bits per heavy atom. The van der Waals surface area contributed by atoms with Gasteiger partial charge < -0.3 is 5.11 Å². The third-order valence-electron chi connectivity index (χ3n) is 5.25. The van der Waals surface area contributed by atoms with Crippen LogP contribution in [0.1, 0.15) is 44.2 Å². The summed E-state index contributed by atoms with van der Waals surface area (Å²) in [7, 11) is 0. The highest BCUT2D eigenvalue weighted by Gasteiger charge is 2.59. The van der Waals surface area contributed by atoms with E-state index < -0.39 is 11.4 Å². The monoisotopic (exact) mass is 272 g/mol. The largest absolute Gasteiger partial charge is 0.481 e. The van der Waals surface area contributed by atoms with E-state index in [0.717, 1.165) is 24.0 Å². The molecule has 0 aliphatic heterocycles. The van der Waals surface area contributed by atoms with Crippen LogP contribution in [0.3, 0.4) is 0 Å². The second-order valence-corrected chi connectivity index (χ2v) is 6.91. The lowest BCUT2D eigenvalue weighted by atomic mass is 9.49. The van der Waals surface area contributed by atoms with Gasteiger partial charge >= 0.3 is 5.97 Å². The standard InChI is InChI=1S/C17H20O3/c1-16(2)9-12(18)10-17(15(19)20)13-6-4-3-5-11(13)7-8-14(16)17/h3-6,14H,7-10H2,1-2H3,(H,19,20). The van der Waals surface area contributed by atoms with E-state index in [1.807, 2.05) is 38.1 Å². The number of carboxylic acid groups (broad SMARTS) is 1. The van der Waals surface area contributed by atoms with Gasteiger partial charge in [-0.25, -0.2) is 0 Å². The third-order valence-corrected chi connectivity index (χ3v) is 5.25. The van der Waals surface area contributed by atoms with Gasteiger partial charge in [0.2, 0.25) is 0 Å². The number of fused-ring (bicyclic) bond motifs is 3. The van der Waals surface area contributed by atoms with Crippen LogP contribution in [0.2, 0.25) is 0 Å². The van der Waals surface area contributed by atoms with Gasteiger partial charge in [-0.3, -0.25) is 9.59 Å². The maximum Gasteiger partial charge on any atom is 0.314 e. The summed E-state index contributed by atoms with van der Waals surface area (Å²) in [4.78, 5) is 24.3. The van der Waals surface area contributed by atoms with Crippen molar-refractivity contribution in [3.8, 4) is 0 Å². The Morgan fingerprint density at radius 2 is 1.95 bits per heavy atom. The van der Waals surface area contributed by atoms with Crippen molar-refractivity contribution in [2.75, 3.05) is 0 Å². The molecular weight excluding hydrogens is 252 g/mol. The summed E-state index contributed by atoms with van der Waals surface area (Å²) >= 11 is 0. The first kappa shape index (κ1) is 13.3. The molecule has 106 valence electrons. The van der Waals surface area contributed by atoms with Gasteiger partial charge in [0, 0.05) is 12.8 Å². The number of aliphatic carboxylic acids is 1. The number of Topliss-reactive ketones (excluding diaryl/α,β-unsaturated/α-hetero) is 1. The van der Waals surface area contributed by atoms with Gasteiger partial charge in [-0.05, 0) is 35.3 Å². The molecule has 0 radical (unpaired) electrons. The molecule has 20 heavy (non-hydrogen) atoms. The molecule has 2 aliphatic carbocycles. The minimum atomic E-state index is -1.02. The van der Waals surface area contributed by atoms with Crippen molar-refractivity contribution in [1.82, 2.24) is 0 Å². The topological polar surface area (TPSA) is 54.4 Å². The zero-order chi connectivity index (χ0) is 14.5. The molecule has 0 saturated heterocycles. The molecule has 3 rings (SSSR count). The van der Waals surface area contributed by atoms with Gasteiger partial charge in [0.25, 0.3) is 0 Å². The fourth-order valence-electron chi connectivity index (χ4n) is 4.53. The van der Waals surface area contributed by atoms with E-state index >= 15 is 0 Å². The Hall–Kier alpha value is -1.64. The predicted molar refractivity (Wildman–Crippen MR) is 75.6 cm³/mol. The van der Waals surface area contributed by atoms with Gasteiger partial charge in [-0.1, -0.05) is 38.1 Å². The average Bonchev–Trinajstić information content (AvgIpc) is 2.36. The molecule has 1 aromatic carbocycles. The number of hydrogen-bond acceptors (Lipinski definition) is 2. The zero-order valence-corrected chi connectivity index (χ0v) is 12.0. The number of hydrogen-bond donors (Lipinski definition) is 1. The zero-order valence-electron chi connectivity index (χ0n) is 12.0. The molecule has 0 spiro atoms. The van der Waals surface area contributed by atoms with Crippen molar-refractivity contribution in [2.24, 2.45) is 11.3 Å².